The predicted molar refractivity (Wildman–Crippen MR) is 204 cm³/mol. The van der Waals surface area contributed by atoms with Gasteiger partial charge in [0, 0.05) is 68.5 Å². The SMILES string of the molecule is CN(C)CCCl.COCn1c(=O)c2ccc[nH]c2c2ccc(=O)cc21.COCn1c(=O)c2cccnc2c2ccc(OCCN(C)C)cc21.Cl. The van der Waals surface area contributed by atoms with E-state index in [1.54, 1.807) is 54.4 Å². The predicted octanol–water partition coefficient (Wildman–Crippen LogP) is 4.75. The molecule has 0 amide bonds. The molecule has 2 aromatic carbocycles. The molecule has 0 fully saturated rings. The van der Waals surface area contributed by atoms with E-state index in [2.05, 4.69) is 14.9 Å². The number of pyridine rings is 4. The first kappa shape index (κ1) is 40.1. The van der Waals surface area contributed by atoms with Crippen molar-refractivity contribution < 1.29 is 14.2 Å². The second-order valence-electron chi connectivity index (χ2n) is 11.7. The number of aromatic amines is 1. The highest BCUT2D eigenvalue weighted by atomic mass is 35.5. The monoisotopic (exact) mass is 726 g/mol. The first-order valence-corrected chi connectivity index (χ1v) is 16.2. The van der Waals surface area contributed by atoms with Gasteiger partial charge in [0.25, 0.3) is 11.1 Å². The van der Waals surface area contributed by atoms with Gasteiger partial charge in [-0.1, -0.05) is 0 Å². The van der Waals surface area contributed by atoms with Crippen LogP contribution >= 0.6 is 24.0 Å². The lowest BCUT2D eigenvalue weighted by atomic mass is 10.1. The van der Waals surface area contributed by atoms with Crippen molar-refractivity contribution in [2.75, 3.05) is 68.0 Å². The molecule has 0 saturated heterocycles. The highest BCUT2D eigenvalue weighted by molar-refractivity contribution is 6.18. The first-order valence-electron chi connectivity index (χ1n) is 15.6. The summed E-state index contributed by atoms with van der Waals surface area (Å²) in [5, 5.41) is 2.89. The van der Waals surface area contributed by atoms with Crippen molar-refractivity contribution in [1.82, 2.24) is 28.9 Å². The summed E-state index contributed by atoms with van der Waals surface area (Å²) in [4.78, 5) is 48.2. The standard InChI is InChI=1S/C18H21N3O3.C14H12N2O3.C4H10ClN.ClH/c1-20(2)9-10-24-13-6-7-14-16(11-13)21(12-23-3)18(22)15-5-4-8-19-17(14)15;1-19-8-16-12-7-9(17)4-5-10(12)13-11(14(16)18)3-2-6-15-13;1-6(2)4-3-5;/h4-8,11H,9-10,12H2,1-3H3;2-7,15H,8H2,1H3;3-4H2,1-2H3;1H. The van der Waals surface area contributed by atoms with E-state index in [9.17, 15) is 14.4 Å². The second kappa shape index (κ2) is 19.2. The van der Waals surface area contributed by atoms with Crippen molar-refractivity contribution in [3.63, 3.8) is 0 Å². The molecule has 268 valence electrons. The Bertz CT molecular complexity index is 2200. The third-order valence-electron chi connectivity index (χ3n) is 7.51. The number of ether oxygens (including phenoxy) is 3. The van der Waals surface area contributed by atoms with E-state index in [1.165, 1.54) is 23.8 Å². The fourth-order valence-electron chi connectivity index (χ4n) is 5.14. The highest BCUT2D eigenvalue weighted by Crippen LogP contribution is 2.25. The zero-order valence-electron chi connectivity index (χ0n) is 29.1. The van der Waals surface area contributed by atoms with Crippen LogP contribution in [-0.4, -0.2) is 96.9 Å². The third kappa shape index (κ3) is 9.69. The molecule has 0 spiro atoms. The molecule has 50 heavy (non-hydrogen) atoms. The number of H-pyrrole nitrogens is 1. The molecule has 0 aliphatic rings. The van der Waals surface area contributed by atoms with Crippen LogP contribution in [-0.2, 0) is 22.9 Å². The Kier molecular flexibility index (Phi) is 15.4. The number of nitrogens with one attached hydrogen (secondary N) is 1. The Labute approximate surface area is 301 Å². The molecule has 6 aromatic rings. The van der Waals surface area contributed by atoms with Gasteiger partial charge in [-0.25, -0.2) is 0 Å². The quantitative estimate of drug-likeness (QED) is 0.157. The minimum Gasteiger partial charge on any atom is -0.492 e. The Morgan fingerprint density at radius 3 is 2.00 bits per heavy atom. The fraction of sp³-hybridized carbons (Fsp3) is 0.333. The summed E-state index contributed by atoms with van der Waals surface area (Å²) in [5.74, 6) is 1.45. The Morgan fingerprint density at radius 1 is 0.760 bits per heavy atom. The molecule has 4 heterocycles. The Balaban J connectivity index is 0.000000233. The number of likely N-dealkylation sites (N-methyl/N-ethyl adjacent to an activating group) is 1. The van der Waals surface area contributed by atoms with E-state index in [-0.39, 0.29) is 42.4 Å². The maximum absolute atomic E-state index is 12.7. The molecular formula is C36H44Cl2N6O6. The summed E-state index contributed by atoms with van der Waals surface area (Å²) in [6.45, 7) is 2.67. The number of rotatable bonds is 10. The molecule has 1 N–H and O–H groups in total. The van der Waals surface area contributed by atoms with E-state index in [0.717, 1.165) is 46.5 Å². The van der Waals surface area contributed by atoms with Crippen LogP contribution in [0.2, 0.25) is 0 Å². The number of hydrogen-bond donors (Lipinski definition) is 1. The van der Waals surface area contributed by atoms with Crippen LogP contribution in [0.25, 0.3) is 43.6 Å². The minimum atomic E-state index is -0.174. The van der Waals surface area contributed by atoms with E-state index in [0.29, 0.717) is 28.4 Å². The van der Waals surface area contributed by atoms with E-state index in [4.69, 9.17) is 25.8 Å². The van der Waals surface area contributed by atoms with Gasteiger partial charge in [0.15, 0.2) is 5.43 Å². The first-order chi connectivity index (χ1) is 23.6. The molecule has 0 atom stereocenters. The van der Waals surface area contributed by atoms with Gasteiger partial charge in [0.2, 0.25) is 0 Å². The summed E-state index contributed by atoms with van der Waals surface area (Å²) in [6, 6.07) is 17.5. The van der Waals surface area contributed by atoms with Crippen LogP contribution in [0.15, 0.2) is 87.4 Å². The van der Waals surface area contributed by atoms with Crippen molar-refractivity contribution in [2.45, 2.75) is 13.5 Å². The normalized spacial score (nSPS) is 11.0. The van der Waals surface area contributed by atoms with Crippen LogP contribution in [0, 0.1) is 0 Å². The lowest BCUT2D eigenvalue weighted by Gasteiger charge is -2.14. The van der Waals surface area contributed by atoms with E-state index in [1.807, 2.05) is 51.3 Å². The number of aromatic nitrogens is 4. The van der Waals surface area contributed by atoms with Gasteiger partial charge in [-0.3, -0.25) is 28.5 Å². The zero-order valence-corrected chi connectivity index (χ0v) is 30.7. The number of nitrogens with zero attached hydrogens (tertiary/aromatic N) is 5. The zero-order chi connectivity index (χ0) is 35.5. The lowest BCUT2D eigenvalue weighted by molar-refractivity contribution is 0.132. The van der Waals surface area contributed by atoms with Crippen LogP contribution < -0.4 is 21.3 Å². The maximum atomic E-state index is 12.7. The fourth-order valence-corrected chi connectivity index (χ4v) is 5.48. The number of alkyl halides is 1. The van der Waals surface area contributed by atoms with Crippen molar-refractivity contribution in [3.05, 3.63) is 104 Å². The molecule has 0 radical (unpaired) electrons. The summed E-state index contributed by atoms with van der Waals surface area (Å²) < 4.78 is 19.1. The molecule has 0 unspecified atom stereocenters. The molecular weight excluding hydrogens is 683 g/mol. The molecule has 0 bridgehead atoms. The average Bonchev–Trinajstić information content (AvgIpc) is 3.09. The Hall–Kier alpha value is -4.30. The second-order valence-corrected chi connectivity index (χ2v) is 12.0. The van der Waals surface area contributed by atoms with Crippen LogP contribution in [0.1, 0.15) is 0 Å². The third-order valence-corrected chi connectivity index (χ3v) is 7.68. The van der Waals surface area contributed by atoms with E-state index < -0.39 is 0 Å². The highest BCUT2D eigenvalue weighted by Gasteiger charge is 2.13. The van der Waals surface area contributed by atoms with Gasteiger partial charge in [0.05, 0.1) is 32.8 Å². The molecule has 0 saturated carbocycles. The molecule has 6 rings (SSSR count). The molecule has 0 aliphatic carbocycles. The lowest BCUT2D eigenvalue weighted by Crippen LogP contribution is -2.22. The average molecular weight is 728 g/mol. The molecule has 14 heteroatoms. The number of methoxy groups -OCH3 is 2. The Morgan fingerprint density at radius 2 is 1.38 bits per heavy atom. The van der Waals surface area contributed by atoms with E-state index >= 15 is 0 Å². The van der Waals surface area contributed by atoms with Crippen molar-refractivity contribution in [2.24, 2.45) is 0 Å². The number of benzene rings is 2. The summed E-state index contributed by atoms with van der Waals surface area (Å²) in [7, 11) is 11.1. The summed E-state index contributed by atoms with van der Waals surface area (Å²) >= 11 is 5.35. The van der Waals surface area contributed by atoms with Gasteiger partial charge >= 0.3 is 0 Å². The smallest absolute Gasteiger partial charge is 0.262 e. The van der Waals surface area contributed by atoms with Crippen molar-refractivity contribution in [3.8, 4) is 5.75 Å². The largest absolute Gasteiger partial charge is 0.492 e. The number of hydrogen-bond acceptors (Lipinski definition) is 9. The topological polar surface area (TPSA) is 124 Å². The number of halogens is 2. The van der Waals surface area contributed by atoms with Crippen LogP contribution in [0.5, 0.6) is 5.75 Å². The van der Waals surface area contributed by atoms with Gasteiger partial charge < -0.3 is 29.0 Å². The van der Waals surface area contributed by atoms with Gasteiger partial charge in [-0.15, -0.1) is 24.0 Å². The summed E-state index contributed by atoms with van der Waals surface area (Å²) in [6.07, 6.45) is 3.45. The maximum Gasteiger partial charge on any atom is 0.262 e. The van der Waals surface area contributed by atoms with Gasteiger partial charge in [-0.2, -0.15) is 0 Å². The number of fused-ring (bicyclic) bond motifs is 6. The minimum absolute atomic E-state index is 0. The molecule has 12 nitrogen and oxygen atoms in total. The van der Waals surface area contributed by atoms with Crippen molar-refractivity contribution in [1.29, 1.82) is 0 Å². The van der Waals surface area contributed by atoms with Gasteiger partial charge in [-0.05, 0) is 76.7 Å². The summed E-state index contributed by atoms with van der Waals surface area (Å²) in [5.41, 5.74) is 2.35. The molecule has 0 aliphatic heterocycles. The van der Waals surface area contributed by atoms with Gasteiger partial charge in [0.1, 0.15) is 25.8 Å². The van der Waals surface area contributed by atoms with Crippen LogP contribution in [0.3, 0.4) is 0 Å². The van der Waals surface area contributed by atoms with Crippen molar-refractivity contribution >= 4 is 67.6 Å². The molecule has 4 aromatic heterocycles. The van der Waals surface area contributed by atoms with Crippen LogP contribution in [0.4, 0.5) is 0 Å².